The molecule has 42 heavy (non-hydrogen) atoms. The number of hydrogen-bond acceptors (Lipinski definition) is 6. The van der Waals surface area contributed by atoms with E-state index in [0.29, 0.717) is 62.4 Å². The first-order chi connectivity index (χ1) is 20.2. The Balaban J connectivity index is 1.52. The van der Waals surface area contributed by atoms with Crippen LogP contribution >= 0.6 is 0 Å². The van der Waals surface area contributed by atoms with Crippen LogP contribution in [0.15, 0.2) is 47.5 Å². The van der Waals surface area contributed by atoms with E-state index in [1.165, 1.54) is 10.5 Å². The van der Waals surface area contributed by atoms with Crippen molar-refractivity contribution in [2.24, 2.45) is 11.8 Å². The first-order valence-corrected chi connectivity index (χ1v) is 14.0. The smallest absolute Gasteiger partial charge is 0.341 e. The number of halogens is 2. The second-order valence-electron chi connectivity index (χ2n) is 11.6. The van der Waals surface area contributed by atoms with Crippen LogP contribution in [0.3, 0.4) is 0 Å². The summed E-state index contributed by atoms with van der Waals surface area (Å²) in [6, 6.07) is 8.01. The number of pyridine rings is 3. The van der Waals surface area contributed by atoms with Crippen molar-refractivity contribution in [2.45, 2.75) is 18.9 Å². The van der Waals surface area contributed by atoms with Crippen molar-refractivity contribution in [3.05, 3.63) is 70.3 Å². The molecule has 1 aliphatic heterocycles. The third kappa shape index (κ3) is 3.79. The second-order valence-corrected chi connectivity index (χ2v) is 11.6. The summed E-state index contributed by atoms with van der Waals surface area (Å²) in [6.45, 7) is 1.49. The highest BCUT2D eigenvalue weighted by molar-refractivity contribution is 6.18. The molecule has 9 nitrogen and oxygen atoms in total. The number of aromatic carboxylic acids is 1. The lowest BCUT2D eigenvalue weighted by Crippen LogP contribution is -2.35. The van der Waals surface area contributed by atoms with Gasteiger partial charge in [0, 0.05) is 61.3 Å². The molecule has 3 N–H and O–H groups in total. The zero-order valence-corrected chi connectivity index (χ0v) is 23.4. The number of benzene rings is 1. The molecule has 5 aromatic rings. The Labute approximate surface area is 239 Å². The van der Waals surface area contributed by atoms with Crippen LogP contribution in [0.25, 0.3) is 38.6 Å². The van der Waals surface area contributed by atoms with Gasteiger partial charge in [-0.3, -0.25) is 9.20 Å². The van der Waals surface area contributed by atoms with Gasteiger partial charge in [0.15, 0.2) is 11.6 Å². The zero-order valence-electron chi connectivity index (χ0n) is 23.4. The van der Waals surface area contributed by atoms with E-state index in [4.69, 9.17) is 0 Å². The van der Waals surface area contributed by atoms with E-state index in [-0.39, 0.29) is 10.9 Å². The number of H-pyrrole nitrogens is 1. The predicted octanol–water partition coefficient (Wildman–Crippen LogP) is 4.79. The standard InChI is InChI=1S/C31H30F2N6O3/c1-34-22-10-21(32)26(33)24-25-28(38-12-15-5-9-23(37(2)3)20(15)14-38)19(11-35-29(25)36-27(22)24)16-4-6-17-7-8-18(31(41)42)30(40)39(17)13-16/h4,6-8,10-11,13,15,20,23,34H,5,9,12,14H2,1-3H3,(H,35,36)(H,41,42)/t15-,20?,23-/m1/s1. The molecule has 2 aliphatic rings. The van der Waals surface area contributed by atoms with Gasteiger partial charge in [-0.05, 0) is 57.0 Å². The Morgan fingerprint density at radius 1 is 1.14 bits per heavy atom. The van der Waals surface area contributed by atoms with Gasteiger partial charge in [0.1, 0.15) is 11.2 Å². The van der Waals surface area contributed by atoms with Gasteiger partial charge in [-0.2, -0.15) is 0 Å². The monoisotopic (exact) mass is 572 g/mol. The van der Waals surface area contributed by atoms with E-state index >= 15 is 4.39 Å². The maximum Gasteiger partial charge on any atom is 0.341 e. The number of nitrogens with one attached hydrogen (secondary N) is 2. The first-order valence-electron chi connectivity index (χ1n) is 14.0. The van der Waals surface area contributed by atoms with Crippen LogP contribution in [0, 0.1) is 23.5 Å². The Hall–Kier alpha value is -4.51. The van der Waals surface area contributed by atoms with E-state index in [2.05, 4.69) is 39.2 Å². The van der Waals surface area contributed by atoms with E-state index in [0.717, 1.165) is 32.0 Å². The Morgan fingerprint density at radius 3 is 2.67 bits per heavy atom. The lowest BCUT2D eigenvalue weighted by Gasteiger charge is -2.28. The molecule has 5 heterocycles. The number of carboxylic acid groups (broad SMARTS) is 1. The molecule has 1 aliphatic carbocycles. The molecule has 1 saturated carbocycles. The molecule has 11 heteroatoms. The highest BCUT2D eigenvalue weighted by atomic mass is 19.2. The molecule has 1 saturated heterocycles. The molecule has 216 valence electrons. The van der Waals surface area contributed by atoms with E-state index < -0.39 is 23.2 Å². The molecule has 0 radical (unpaired) electrons. The van der Waals surface area contributed by atoms with Crippen LogP contribution in [0.4, 0.5) is 20.2 Å². The minimum Gasteiger partial charge on any atom is -0.477 e. The van der Waals surface area contributed by atoms with Gasteiger partial charge >= 0.3 is 5.97 Å². The summed E-state index contributed by atoms with van der Waals surface area (Å²) in [5.74, 6) is -2.37. The molecular weight excluding hydrogens is 542 g/mol. The number of hydrogen-bond donors (Lipinski definition) is 3. The van der Waals surface area contributed by atoms with Crippen molar-refractivity contribution in [1.29, 1.82) is 0 Å². The molecular formula is C31H30F2N6O3. The Morgan fingerprint density at radius 2 is 1.93 bits per heavy atom. The highest BCUT2D eigenvalue weighted by Gasteiger charge is 2.44. The minimum atomic E-state index is -1.31. The number of aromatic nitrogens is 3. The van der Waals surface area contributed by atoms with Gasteiger partial charge < -0.3 is 25.2 Å². The van der Waals surface area contributed by atoms with Gasteiger partial charge in [0.05, 0.1) is 27.7 Å². The lowest BCUT2D eigenvalue weighted by molar-refractivity contribution is 0.0694. The van der Waals surface area contributed by atoms with Crippen LogP contribution in [-0.4, -0.2) is 70.6 Å². The summed E-state index contributed by atoms with van der Waals surface area (Å²) in [4.78, 5) is 37.1. The van der Waals surface area contributed by atoms with Crippen molar-refractivity contribution in [2.75, 3.05) is 44.4 Å². The lowest BCUT2D eigenvalue weighted by atomic mass is 9.97. The summed E-state index contributed by atoms with van der Waals surface area (Å²) < 4.78 is 31.9. The minimum absolute atomic E-state index is 0.117. The van der Waals surface area contributed by atoms with Gasteiger partial charge in [-0.1, -0.05) is 6.07 Å². The molecule has 1 unspecified atom stereocenters. The summed E-state index contributed by atoms with van der Waals surface area (Å²) in [5, 5.41) is 13.1. The number of fused-ring (bicyclic) bond motifs is 5. The fourth-order valence-electron chi connectivity index (χ4n) is 7.26. The van der Waals surface area contributed by atoms with E-state index in [1.807, 2.05) is 6.07 Å². The fraction of sp³-hybridized carbons (Fsp3) is 0.323. The summed E-state index contributed by atoms with van der Waals surface area (Å²) in [5.41, 5.74) is 2.78. The molecule has 1 aromatic carbocycles. The summed E-state index contributed by atoms with van der Waals surface area (Å²) >= 11 is 0. The van der Waals surface area contributed by atoms with Crippen LogP contribution in [0.1, 0.15) is 23.2 Å². The summed E-state index contributed by atoms with van der Waals surface area (Å²) in [7, 11) is 5.85. The van der Waals surface area contributed by atoms with Crippen LogP contribution < -0.4 is 15.8 Å². The first kappa shape index (κ1) is 26.4. The average molecular weight is 573 g/mol. The van der Waals surface area contributed by atoms with Crippen LogP contribution in [-0.2, 0) is 0 Å². The van der Waals surface area contributed by atoms with E-state index in [1.54, 1.807) is 31.6 Å². The van der Waals surface area contributed by atoms with Crippen LogP contribution in [0.2, 0.25) is 0 Å². The third-order valence-electron chi connectivity index (χ3n) is 9.22. The molecule has 4 aromatic heterocycles. The van der Waals surface area contributed by atoms with Gasteiger partial charge in [0.2, 0.25) is 0 Å². The van der Waals surface area contributed by atoms with Crippen molar-refractivity contribution in [1.82, 2.24) is 19.3 Å². The number of nitrogens with zero attached hydrogens (tertiary/aromatic N) is 4. The maximum absolute atomic E-state index is 15.7. The largest absolute Gasteiger partial charge is 0.477 e. The number of rotatable bonds is 5. The molecule has 7 rings (SSSR count). The molecule has 0 amide bonds. The Bertz CT molecular complexity index is 1980. The SMILES string of the molecule is CNc1cc(F)c(F)c2c1[nH]c1ncc(-c3ccc4ccc(C(=O)O)c(=O)n4c3)c(N3CC4[C@H](CC[C@H]4N(C)C)C3)c12. The van der Waals surface area contributed by atoms with Crippen molar-refractivity contribution in [3.8, 4) is 11.1 Å². The van der Waals surface area contributed by atoms with Gasteiger partial charge in [-0.25, -0.2) is 18.6 Å². The number of carbonyl (C=O) groups is 1. The second kappa shape index (κ2) is 9.52. The zero-order chi connectivity index (χ0) is 29.4. The molecule has 2 fully saturated rings. The van der Waals surface area contributed by atoms with Crippen molar-refractivity contribution in [3.63, 3.8) is 0 Å². The quantitative estimate of drug-likeness (QED) is 0.278. The number of aromatic amines is 1. The summed E-state index contributed by atoms with van der Waals surface area (Å²) in [6.07, 6.45) is 5.48. The number of carboxylic acids is 1. The normalized spacial score (nSPS) is 20.3. The Kier molecular flexibility index (Phi) is 5.98. The van der Waals surface area contributed by atoms with Gasteiger partial charge in [-0.15, -0.1) is 0 Å². The predicted molar refractivity (Wildman–Crippen MR) is 159 cm³/mol. The van der Waals surface area contributed by atoms with Gasteiger partial charge in [0.25, 0.3) is 5.56 Å². The maximum atomic E-state index is 15.7. The van der Waals surface area contributed by atoms with E-state index in [9.17, 15) is 19.1 Å². The molecule has 0 spiro atoms. The molecule has 3 atom stereocenters. The van der Waals surface area contributed by atoms with Crippen molar-refractivity contribution >= 4 is 44.8 Å². The topological polar surface area (TPSA) is 106 Å². The number of anilines is 2. The van der Waals surface area contributed by atoms with Crippen LogP contribution in [0.5, 0.6) is 0 Å². The van der Waals surface area contributed by atoms with Crippen molar-refractivity contribution < 1.29 is 18.7 Å². The molecule has 0 bridgehead atoms. The average Bonchev–Trinajstić information content (AvgIpc) is 3.67. The third-order valence-corrected chi connectivity index (χ3v) is 9.22. The highest BCUT2D eigenvalue weighted by Crippen LogP contribution is 2.48. The fourth-order valence-corrected chi connectivity index (χ4v) is 7.26.